The number of hydrogen-bond acceptors (Lipinski definition) is 4. The molecule has 0 saturated heterocycles. The first kappa shape index (κ1) is 16.9. The van der Waals surface area contributed by atoms with E-state index in [9.17, 15) is 4.79 Å². The Morgan fingerprint density at radius 1 is 1.21 bits per heavy atom. The van der Waals surface area contributed by atoms with Crippen molar-refractivity contribution in [3.63, 3.8) is 0 Å². The largest absolute Gasteiger partial charge is 0.486 e. The van der Waals surface area contributed by atoms with E-state index >= 15 is 0 Å². The topological polar surface area (TPSA) is 56.8 Å². The van der Waals surface area contributed by atoms with E-state index in [0.717, 1.165) is 0 Å². The molecule has 1 atom stereocenters. The Balaban J connectivity index is 1.68. The van der Waals surface area contributed by atoms with Crippen LogP contribution < -0.4 is 19.5 Å². The van der Waals surface area contributed by atoms with Crippen LogP contribution >= 0.6 is 27.5 Å². The van der Waals surface area contributed by atoms with Gasteiger partial charge in [-0.15, -0.1) is 0 Å². The maximum atomic E-state index is 12.3. The molecule has 2 aromatic rings. The molecule has 1 amide bonds. The van der Waals surface area contributed by atoms with E-state index in [2.05, 4.69) is 21.2 Å². The first-order valence-corrected chi connectivity index (χ1v) is 8.52. The van der Waals surface area contributed by atoms with Crippen LogP contribution in [0.2, 0.25) is 5.02 Å². The van der Waals surface area contributed by atoms with Gasteiger partial charge in [-0.25, -0.2) is 0 Å². The van der Waals surface area contributed by atoms with Gasteiger partial charge in [-0.3, -0.25) is 4.79 Å². The minimum absolute atomic E-state index is 0.276. The molecule has 24 heavy (non-hydrogen) atoms. The number of ether oxygens (including phenoxy) is 3. The Hall–Kier alpha value is -1.92. The van der Waals surface area contributed by atoms with Crippen LogP contribution in [0.5, 0.6) is 17.2 Å². The normalized spacial score (nSPS) is 14.0. The third kappa shape index (κ3) is 3.94. The lowest BCUT2D eigenvalue weighted by atomic mass is 10.2. The number of rotatable bonds is 4. The second kappa shape index (κ2) is 7.32. The predicted molar refractivity (Wildman–Crippen MR) is 95.3 cm³/mol. The monoisotopic (exact) mass is 411 g/mol. The van der Waals surface area contributed by atoms with Crippen molar-refractivity contribution in [3.05, 3.63) is 45.9 Å². The average molecular weight is 413 g/mol. The van der Waals surface area contributed by atoms with Gasteiger partial charge in [0, 0.05) is 21.6 Å². The predicted octanol–water partition coefficient (Wildman–Crippen LogP) is 4.28. The van der Waals surface area contributed by atoms with Crippen molar-refractivity contribution in [1.29, 1.82) is 0 Å². The summed E-state index contributed by atoms with van der Waals surface area (Å²) in [6.45, 7) is 2.67. The van der Waals surface area contributed by atoms with E-state index in [1.807, 2.05) is 0 Å². The summed E-state index contributed by atoms with van der Waals surface area (Å²) < 4.78 is 17.3. The number of benzene rings is 2. The fourth-order valence-electron chi connectivity index (χ4n) is 2.16. The first-order chi connectivity index (χ1) is 11.5. The van der Waals surface area contributed by atoms with Gasteiger partial charge in [-0.05, 0) is 47.1 Å². The Kier molecular flexibility index (Phi) is 5.16. The summed E-state index contributed by atoms with van der Waals surface area (Å²) in [5, 5.41) is 3.43. The van der Waals surface area contributed by atoms with Crippen LogP contribution in [0.3, 0.4) is 0 Å². The molecule has 0 bridgehead atoms. The molecule has 1 aliphatic rings. The molecule has 0 saturated carbocycles. The quantitative estimate of drug-likeness (QED) is 0.814. The van der Waals surface area contributed by atoms with Crippen LogP contribution in [0.25, 0.3) is 0 Å². The molecule has 0 aromatic heterocycles. The van der Waals surface area contributed by atoms with E-state index < -0.39 is 6.10 Å². The van der Waals surface area contributed by atoms with E-state index in [0.29, 0.717) is 45.6 Å². The minimum atomic E-state index is -0.675. The molecular weight excluding hydrogens is 398 g/mol. The number of carbonyl (C=O) groups is 1. The molecule has 0 aliphatic carbocycles. The summed E-state index contributed by atoms with van der Waals surface area (Å²) in [6.07, 6.45) is -0.675. The van der Waals surface area contributed by atoms with Gasteiger partial charge < -0.3 is 19.5 Å². The molecular formula is C17H15BrClNO4. The highest BCUT2D eigenvalue weighted by Gasteiger charge is 2.19. The van der Waals surface area contributed by atoms with Gasteiger partial charge in [-0.1, -0.05) is 11.6 Å². The number of fused-ring (bicyclic) bond motifs is 1. The van der Waals surface area contributed by atoms with Crippen molar-refractivity contribution in [3.8, 4) is 17.2 Å². The number of hydrogen-bond donors (Lipinski definition) is 1. The van der Waals surface area contributed by atoms with Gasteiger partial charge >= 0.3 is 0 Å². The summed E-state index contributed by atoms with van der Waals surface area (Å²) in [4.78, 5) is 12.3. The lowest BCUT2D eigenvalue weighted by molar-refractivity contribution is -0.122. The van der Waals surface area contributed by atoms with Crippen molar-refractivity contribution in [2.24, 2.45) is 0 Å². The second-order valence-electron chi connectivity index (χ2n) is 5.18. The molecule has 1 heterocycles. The average Bonchev–Trinajstić information content (AvgIpc) is 2.57. The number of anilines is 1. The van der Waals surface area contributed by atoms with Gasteiger partial charge in [0.2, 0.25) is 0 Å². The molecule has 1 N–H and O–H groups in total. The third-order valence-corrected chi connectivity index (χ3v) is 4.29. The molecule has 1 aliphatic heterocycles. The molecule has 3 rings (SSSR count). The Morgan fingerprint density at radius 2 is 1.83 bits per heavy atom. The fourth-order valence-corrected chi connectivity index (χ4v) is 2.71. The zero-order valence-electron chi connectivity index (χ0n) is 12.8. The first-order valence-electron chi connectivity index (χ1n) is 7.35. The number of amides is 1. The Bertz CT molecular complexity index is 751. The van der Waals surface area contributed by atoms with Crippen LogP contribution in [0.15, 0.2) is 40.9 Å². The van der Waals surface area contributed by atoms with Crippen molar-refractivity contribution >= 4 is 39.1 Å². The number of carbonyl (C=O) groups excluding carboxylic acids is 1. The summed E-state index contributed by atoms with van der Waals surface area (Å²) in [7, 11) is 0. The summed E-state index contributed by atoms with van der Waals surface area (Å²) >= 11 is 9.25. The molecule has 0 spiro atoms. The highest BCUT2D eigenvalue weighted by molar-refractivity contribution is 9.10. The van der Waals surface area contributed by atoms with Crippen molar-refractivity contribution < 1.29 is 19.0 Å². The van der Waals surface area contributed by atoms with Gasteiger partial charge in [0.1, 0.15) is 19.0 Å². The van der Waals surface area contributed by atoms with Gasteiger partial charge in [-0.2, -0.15) is 0 Å². The molecule has 1 unspecified atom stereocenters. The zero-order chi connectivity index (χ0) is 17.1. The van der Waals surface area contributed by atoms with E-state index in [-0.39, 0.29) is 5.91 Å². The van der Waals surface area contributed by atoms with Crippen LogP contribution in [-0.2, 0) is 4.79 Å². The molecule has 2 aromatic carbocycles. The fraction of sp³-hybridized carbons (Fsp3) is 0.235. The van der Waals surface area contributed by atoms with Crippen molar-refractivity contribution in [2.75, 3.05) is 18.5 Å². The molecule has 7 heteroatoms. The van der Waals surface area contributed by atoms with Gasteiger partial charge in [0.15, 0.2) is 17.6 Å². The summed E-state index contributed by atoms with van der Waals surface area (Å²) in [5.74, 6) is 1.55. The number of nitrogens with one attached hydrogen (secondary N) is 1. The molecule has 0 fully saturated rings. The van der Waals surface area contributed by atoms with E-state index in [1.165, 1.54) is 0 Å². The second-order valence-corrected chi connectivity index (χ2v) is 6.47. The zero-order valence-corrected chi connectivity index (χ0v) is 15.2. The summed E-state index contributed by atoms with van der Waals surface area (Å²) in [5.41, 5.74) is 0.593. The van der Waals surface area contributed by atoms with E-state index in [4.69, 9.17) is 25.8 Å². The van der Waals surface area contributed by atoms with Crippen LogP contribution in [0.4, 0.5) is 5.69 Å². The summed E-state index contributed by atoms with van der Waals surface area (Å²) in [6, 6.07) is 10.3. The number of halogens is 2. The third-order valence-electron chi connectivity index (χ3n) is 3.39. The standard InChI is InChI=1S/C17H15BrClNO4/c1-10(24-12-4-2-11(19)3-5-12)17(21)20-14-9-16-15(8-13(14)18)22-6-7-23-16/h2-5,8-10H,6-7H2,1H3,(H,20,21). The highest BCUT2D eigenvalue weighted by Crippen LogP contribution is 2.38. The molecule has 5 nitrogen and oxygen atoms in total. The smallest absolute Gasteiger partial charge is 0.265 e. The van der Waals surface area contributed by atoms with Gasteiger partial charge in [0.05, 0.1) is 5.69 Å². The van der Waals surface area contributed by atoms with Crippen LogP contribution in [0.1, 0.15) is 6.92 Å². The molecule has 0 radical (unpaired) electrons. The van der Waals surface area contributed by atoms with Crippen LogP contribution in [0, 0.1) is 0 Å². The SMILES string of the molecule is CC(Oc1ccc(Cl)cc1)C(=O)Nc1cc2c(cc1Br)OCCO2. The molecule has 126 valence electrons. The Labute approximate surface area is 153 Å². The highest BCUT2D eigenvalue weighted by atomic mass is 79.9. The van der Waals surface area contributed by atoms with Crippen LogP contribution in [-0.4, -0.2) is 25.2 Å². The maximum absolute atomic E-state index is 12.3. The maximum Gasteiger partial charge on any atom is 0.265 e. The minimum Gasteiger partial charge on any atom is -0.486 e. The Morgan fingerprint density at radius 3 is 2.50 bits per heavy atom. The lowest BCUT2D eigenvalue weighted by Gasteiger charge is -2.21. The lowest BCUT2D eigenvalue weighted by Crippen LogP contribution is -2.30. The van der Waals surface area contributed by atoms with Crippen molar-refractivity contribution in [2.45, 2.75) is 13.0 Å². The van der Waals surface area contributed by atoms with Crippen molar-refractivity contribution in [1.82, 2.24) is 0 Å². The van der Waals surface area contributed by atoms with E-state index in [1.54, 1.807) is 43.3 Å². The van der Waals surface area contributed by atoms with Gasteiger partial charge in [0.25, 0.3) is 5.91 Å².